The van der Waals surface area contributed by atoms with Gasteiger partial charge in [0.25, 0.3) is 0 Å². The molecule has 0 aromatic rings. The maximum atomic E-state index is 12.6. The lowest BCUT2D eigenvalue weighted by Gasteiger charge is -2.20. The SMILES string of the molecule is CCCCC/C=C\C/C=C\CCCCCCCCCCCC(=O)O[C@H](COC(=O)CCCCCCCCCCCCCCCC)COP(=O)(O)OC[C@@H](O)CO. The maximum absolute atomic E-state index is 12.6. The van der Waals surface area contributed by atoms with Crippen LogP contribution < -0.4 is 0 Å². The van der Waals surface area contributed by atoms with Gasteiger partial charge in [0.05, 0.1) is 19.8 Å². The number of rotatable bonds is 43. The molecule has 0 heterocycles. The van der Waals surface area contributed by atoms with Crippen molar-refractivity contribution in [1.29, 1.82) is 0 Å². The van der Waals surface area contributed by atoms with Crippen molar-refractivity contribution in [3.8, 4) is 0 Å². The summed E-state index contributed by atoms with van der Waals surface area (Å²) in [6.07, 6.45) is 41.3. The Morgan fingerprint density at radius 3 is 1.41 bits per heavy atom. The fraction of sp³-hybridized carbons (Fsp3) is 0.867. The van der Waals surface area contributed by atoms with Crippen LogP contribution in [0.25, 0.3) is 0 Å². The number of esters is 2. The molecule has 3 N–H and O–H groups in total. The molecule has 0 aliphatic heterocycles. The highest BCUT2D eigenvalue weighted by Gasteiger charge is 2.27. The van der Waals surface area contributed by atoms with E-state index in [9.17, 15) is 24.2 Å². The van der Waals surface area contributed by atoms with Crippen LogP contribution in [0.3, 0.4) is 0 Å². The van der Waals surface area contributed by atoms with Crippen molar-refractivity contribution >= 4 is 19.8 Å². The second-order valence-corrected chi connectivity index (χ2v) is 16.9. The van der Waals surface area contributed by atoms with Crippen LogP contribution in [0.2, 0.25) is 0 Å². The van der Waals surface area contributed by atoms with Crippen molar-refractivity contribution in [3.63, 3.8) is 0 Å². The largest absolute Gasteiger partial charge is 0.472 e. The van der Waals surface area contributed by atoms with Crippen LogP contribution >= 0.6 is 7.82 Å². The lowest BCUT2D eigenvalue weighted by Crippen LogP contribution is -2.29. The van der Waals surface area contributed by atoms with Gasteiger partial charge in [-0.3, -0.25) is 18.6 Å². The number of aliphatic hydroxyl groups is 2. The van der Waals surface area contributed by atoms with Crippen LogP contribution in [0.15, 0.2) is 24.3 Å². The zero-order valence-electron chi connectivity index (χ0n) is 35.9. The van der Waals surface area contributed by atoms with Gasteiger partial charge in [-0.25, -0.2) is 4.57 Å². The minimum absolute atomic E-state index is 0.182. The lowest BCUT2D eigenvalue weighted by molar-refractivity contribution is -0.161. The summed E-state index contributed by atoms with van der Waals surface area (Å²) in [6.45, 7) is 2.38. The van der Waals surface area contributed by atoms with E-state index in [0.717, 1.165) is 51.4 Å². The van der Waals surface area contributed by atoms with Gasteiger partial charge in [0.1, 0.15) is 12.7 Å². The van der Waals surface area contributed by atoms with E-state index < -0.39 is 51.8 Å². The summed E-state index contributed by atoms with van der Waals surface area (Å²) in [5.41, 5.74) is 0. The predicted octanol–water partition coefficient (Wildman–Crippen LogP) is 12.2. The second-order valence-electron chi connectivity index (χ2n) is 15.4. The second kappa shape index (κ2) is 41.6. The Kier molecular flexibility index (Phi) is 40.5. The number of ether oxygens (including phenoxy) is 2. The zero-order chi connectivity index (χ0) is 41.2. The number of aliphatic hydroxyl groups excluding tert-OH is 2. The first-order valence-electron chi connectivity index (χ1n) is 22.8. The normalized spacial score (nSPS) is 14.0. The number of carbonyl (C=O) groups excluding carboxylic acids is 2. The van der Waals surface area contributed by atoms with Gasteiger partial charge in [0.2, 0.25) is 0 Å². The molecule has 1 unspecified atom stereocenters. The monoisotopic (exact) mass is 817 g/mol. The number of phosphoric acid groups is 1. The van der Waals surface area contributed by atoms with Crippen molar-refractivity contribution in [1.82, 2.24) is 0 Å². The Balaban J connectivity index is 4.24. The van der Waals surface area contributed by atoms with Crippen LogP contribution in [-0.4, -0.2) is 65.7 Å². The topological polar surface area (TPSA) is 149 Å². The first-order valence-corrected chi connectivity index (χ1v) is 24.3. The molecule has 0 bridgehead atoms. The van der Waals surface area contributed by atoms with E-state index in [2.05, 4.69) is 38.2 Å². The lowest BCUT2D eigenvalue weighted by atomic mass is 10.0. The maximum Gasteiger partial charge on any atom is 0.472 e. The first-order chi connectivity index (χ1) is 27.2. The number of phosphoric ester groups is 1. The quantitative estimate of drug-likeness (QED) is 0.0235. The number of hydrogen-bond acceptors (Lipinski definition) is 9. The zero-order valence-corrected chi connectivity index (χ0v) is 36.8. The summed E-state index contributed by atoms with van der Waals surface area (Å²) in [7, 11) is -4.62. The van der Waals surface area contributed by atoms with Gasteiger partial charge in [0.15, 0.2) is 6.10 Å². The fourth-order valence-corrected chi connectivity index (χ4v) is 7.11. The molecule has 0 aliphatic carbocycles. The molecule has 0 saturated carbocycles. The molecule has 0 aromatic heterocycles. The van der Waals surface area contributed by atoms with E-state index in [1.165, 1.54) is 122 Å². The smallest absolute Gasteiger partial charge is 0.462 e. The third-order valence-electron chi connectivity index (χ3n) is 9.86. The van der Waals surface area contributed by atoms with E-state index in [0.29, 0.717) is 12.8 Å². The third kappa shape index (κ3) is 40.6. The van der Waals surface area contributed by atoms with Crippen molar-refractivity contribution in [2.75, 3.05) is 26.4 Å². The fourth-order valence-electron chi connectivity index (χ4n) is 6.32. The van der Waals surface area contributed by atoms with Gasteiger partial charge in [-0.15, -0.1) is 0 Å². The van der Waals surface area contributed by atoms with Crippen molar-refractivity contribution in [2.45, 2.75) is 225 Å². The highest BCUT2D eigenvalue weighted by atomic mass is 31.2. The Hall–Kier alpha value is -1.55. The van der Waals surface area contributed by atoms with Gasteiger partial charge in [0, 0.05) is 12.8 Å². The Morgan fingerprint density at radius 2 is 0.929 bits per heavy atom. The van der Waals surface area contributed by atoms with Gasteiger partial charge in [-0.1, -0.05) is 179 Å². The van der Waals surface area contributed by atoms with E-state index in [1.54, 1.807) is 0 Å². The van der Waals surface area contributed by atoms with Crippen LogP contribution in [0.1, 0.15) is 213 Å². The standard InChI is InChI=1S/C45H85O10P/c1-3-5-7-9-11-13-15-17-19-20-21-22-23-25-27-29-31-33-35-37-45(49)55-43(41-54-56(50,51)53-39-42(47)38-46)40-52-44(48)36-34-32-30-28-26-24-18-16-14-12-10-8-6-4-2/h11,13,17,19,42-43,46-47H,3-10,12,14-16,18,20-41H2,1-2H3,(H,50,51)/b13-11-,19-17-/t42-,43+/m0/s1. The van der Waals surface area contributed by atoms with E-state index in [4.69, 9.17) is 23.6 Å². The molecule has 330 valence electrons. The minimum Gasteiger partial charge on any atom is -0.462 e. The average Bonchev–Trinajstić information content (AvgIpc) is 3.19. The molecule has 0 saturated heterocycles. The summed E-state index contributed by atoms with van der Waals surface area (Å²) >= 11 is 0. The van der Waals surface area contributed by atoms with Crippen LogP contribution in [-0.2, 0) is 32.7 Å². The molecule has 11 heteroatoms. The molecule has 0 spiro atoms. The molecule has 0 aliphatic rings. The molecule has 0 rings (SSSR count). The summed E-state index contributed by atoms with van der Waals surface area (Å²) in [4.78, 5) is 35.0. The Labute approximate surface area is 342 Å². The van der Waals surface area contributed by atoms with Gasteiger partial charge < -0.3 is 24.6 Å². The highest BCUT2D eigenvalue weighted by Crippen LogP contribution is 2.43. The summed E-state index contributed by atoms with van der Waals surface area (Å²) in [5.74, 6) is -0.921. The Morgan fingerprint density at radius 1 is 0.536 bits per heavy atom. The molecular weight excluding hydrogens is 731 g/mol. The summed E-state index contributed by atoms with van der Waals surface area (Å²) in [5, 5.41) is 18.3. The summed E-state index contributed by atoms with van der Waals surface area (Å²) < 4.78 is 32.8. The van der Waals surface area contributed by atoms with Gasteiger partial charge in [-0.05, 0) is 44.9 Å². The van der Waals surface area contributed by atoms with E-state index in [1.807, 2.05) is 0 Å². The number of unbranched alkanes of at least 4 members (excludes halogenated alkanes) is 25. The molecule has 3 atom stereocenters. The van der Waals surface area contributed by atoms with Crippen molar-refractivity contribution in [3.05, 3.63) is 24.3 Å². The average molecular weight is 817 g/mol. The first kappa shape index (κ1) is 54.5. The highest BCUT2D eigenvalue weighted by molar-refractivity contribution is 7.47. The molecule has 56 heavy (non-hydrogen) atoms. The molecule has 0 fully saturated rings. The predicted molar refractivity (Wildman–Crippen MR) is 228 cm³/mol. The minimum atomic E-state index is -4.62. The molecular formula is C45H85O10P. The van der Waals surface area contributed by atoms with Gasteiger partial charge in [-0.2, -0.15) is 0 Å². The van der Waals surface area contributed by atoms with E-state index in [-0.39, 0.29) is 19.4 Å². The van der Waals surface area contributed by atoms with Crippen molar-refractivity contribution < 1.29 is 47.8 Å². The number of carbonyl (C=O) groups is 2. The molecule has 0 amide bonds. The summed E-state index contributed by atoms with van der Waals surface area (Å²) in [6, 6.07) is 0. The van der Waals surface area contributed by atoms with Crippen LogP contribution in [0.5, 0.6) is 0 Å². The molecule has 0 radical (unpaired) electrons. The molecule has 0 aromatic carbocycles. The van der Waals surface area contributed by atoms with Crippen LogP contribution in [0, 0.1) is 0 Å². The number of allylic oxidation sites excluding steroid dienone is 4. The Bertz CT molecular complexity index is 988. The van der Waals surface area contributed by atoms with Gasteiger partial charge >= 0.3 is 19.8 Å². The van der Waals surface area contributed by atoms with Crippen LogP contribution in [0.4, 0.5) is 0 Å². The van der Waals surface area contributed by atoms with E-state index >= 15 is 0 Å². The van der Waals surface area contributed by atoms with Crippen molar-refractivity contribution in [2.24, 2.45) is 0 Å². The third-order valence-corrected chi connectivity index (χ3v) is 10.8. The molecule has 10 nitrogen and oxygen atoms in total. The number of hydrogen-bond donors (Lipinski definition) is 3.